The largest absolute Gasteiger partial charge is 0.334 e. The lowest BCUT2D eigenvalue weighted by Crippen LogP contribution is -2.47. The molecule has 0 aliphatic carbocycles. The van der Waals surface area contributed by atoms with E-state index in [4.69, 9.17) is 0 Å². The number of aryl methyl sites for hydroxylation is 2. The number of urea groups is 1. The van der Waals surface area contributed by atoms with Gasteiger partial charge in [-0.15, -0.1) is 5.10 Å². The summed E-state index contributed by atoms with van der Waals surface area (Å²) in [5.74, 6) is 1.10. The van der Waals surface area contributed by atoms with Gasteiger partial charge in [0.1, 0.15) is 5.82 Å². The van der Waals surface area contributed by atoms with Crippen LogP contribution in [-0.4, -0.2) is 39.9 Å². The first-order chi connectivity index (χ1) is 8.15. The Bertz CT molecular complexity index is 376. The van der Waals surface area contributed by atoms with Gasteiger partial charge in [-0.25, -0.2) is 4.79 Å². The standard InChI is InChI=1S/C10H18N6O/c1-7-12-9(15-16(7)2)14-10(17)13-8-4-3-5-11-6-8/h8,11H,3-6H2,1-2H3,(H2,13,14,15,17). The molecule has 1 aliphatic rings. The smallest absolute Gasteiger partial charge is 0.321 e. The third-order valence-corrected chi connectivity index (χ3v) is 2.84. The van der Waals surface area contributed by atoms with Gasteiger partial charge < -0.3 is 10.6 Å². The van der Waals surface area contributed by atoms with Crippen LogP contribution in [-0.2, 0) is 7.05 Å². The maximum Gasteiger partial charge on any atom is 0.321 e. The van der Waals surface area contributed by atoms with E-state index in [0.717, 1.165) is 31.8 Å². The minimum absolute atomic E-state index is 0.188. The van der Waals surface area contributed by atoms with Gasteiger partial charge in [0.15, 0.2) is 0 Å². The van der Waals surface area contributed by atoms with E-state index in [0.29, 0.717) is 5.95 Å². The van der Waals surface area contributed by atoms with Crippen LogP contribution in [0.2, 0.25) is 0 Å². The number of carbonyl (C=O) groups is 1. The molecule has 3 N–H and O–H groups in total. The van der Waals surface area contributed by atoms with E-state index < -0.39 is 0 Å². The number of amides is 2. The van der Waals surface area contributed by atoms with E-state index in [1.165, 1.54) is 0 Å². The van der Waals surface area contributed by atoms with Crippen molar-refractivity contribution < 1.29 is 4.79 Å². The van der Waals surface area contributed by atoms with Gasteiger partial charge in [-0.1, -0.05) is 0 Å². The second-order valence-corrected chi connectivity index (χ2v) is 4.25. The molecule has 2 amide bonds. The van der Waals surface area contributed by atoms with E-state index >= 15 is 0 Å². The highest BCUT2D eigenvalue weighted by atomic mass is 16.2. The summed E-state index contributed by atoms with van der Waals surface area (Å²) in [7, 11) is 1.79. The number of nitrogens with zero attached hydrogens (tertiary/aromatic N) is 3. The van der Waals surface area contributed by atoms with Crippen molar-refractivity contribution in [3.05, 3.63) is 5.82 Å². The number of nitrogens with one attached hydrogen (secondary N) is 3. The van der Waals surface area contributed by atoms with Crippen molar-refractivity contribution >= 4 is 12.0 Å². The fraction of sp³-hybridized carbons (Fsp3) is 0.700. The van der Waals surface area contributed by atoms with Crippen LogP contribution < -0.4 is 16.0 Å². The summed E-state index contributed by atoms with van der Waals surface area (Å²) in [6, 6.07) is -0.0575. The molecule has 1 atom stereocenters. The van der Waals surface area contributed by atoms with Crippen LogP contribution in [0.4, 0.5) is 10.7 Å². The lowest BCUT2D eigenvalue weighted by molar-refractivity contribution is 0.245. The molecule has 1 saturated heterocycles. The second kappa shape index (κ2) is 5.13. The van der Waals surface area contributed by atoms with Crippen LogP contribution in [0, 0.1) is 6.92 Å². The SMILES string of the molecule is Cc1nc(NC(=O)NC2CCCNC2)nn1C. The van der Waals surface area contributed by atoms with Crippen LogP contribution in [0.1, 0.15) is 18.7 Å². The molecule has 2 heterocycles. The van der Waals surface area contributed by atoms with Gasteiger partial charge >= 0.3 is 6.03 Å². The van der Waals surface area contributed by atoms with Crippen molar-refractivity contribution in [2.45, 2.75) is 25.8 Å². The third kappa shape index (κ3) is 3.16. The van der Waals surface area contributed by atoms with Crippen molar-refractivity contribution in [1.82, 2.24) is 25.4 Å². The zero-order valence-corrected chi connectivity index (χ0v) is 10.2. The number of carbonyl (C=O) groups excluding carboxylic acids is 1. The molecule has 2 rings (SSSR count). The zero-order chi connectivity index (χ0) is 12.3. The van der Waals surface area contributed by atoms with Crippen LogP contribution in [0.25, 0.3) is 0 Å². The van der Waals surface area contributed by atoms with Gasteiger partial charge in [-0.2, -0.15) is 4.98 Å². The molecule has 1 unspecified atom stereocenters. The third-order valence-electron chi connectivity index (χ3n) is 2.84. The Hall–Kier alpha value is -1.63. The van der Waals surface area contributed by atoms with Crippen LogP contribution in [0.3, 0.4) is 0 Å². The summed E-state index contributed by atoms with van der Waals surface area (Å²) in [6.45, 7) is 3.68. The summed E-state index contributed by atoms with van der Waals surface area (Å²) >= 11 is 0. The van der Waals surface area contributed by atoms with E-state index in [1.54, 1.807) is 11.7 Å². The topological polar surface area (TPSA) is 83.9 Å². The summed E-state index contributed by atoms with van der Waals surface area (Å²) in [4.78, 5) is 15.8. The molecule has 0 radical (unpaired) electrons. The van der Waals surface area contributed by atoms with E-state index in [2.05, 4.69) is 26.0 Å². The van der Waals surface area contributed by atoms with E-state index in [-0.39, 0.29) is 12.1 Å². The highest BCUT2D eigenvalue weighted by Crippen LogP contribution is 2.03. The monoisotopic (exact) mass is 238 g/mol. The van der Waals surface area contributed by atoms with E-state index in [9.17, 15) is 4.79 Å². The van der Waals surface area contributed by atoms with Crippen molar-refractivity contribution in [1.29, 1.82) is 0 Å². The maximum atomic E-state index is 11.7. The predicted molar refractivity (Wildman–Crippen MR) is 63.8 cm³/mol. The fourth-order valence-electron chi connectivity index (χ4n) is 1.81. The molecule has 17 heavy (non-hydrogen) atoms. The molecule has 7 heteroatoms. The molecule has 0 aromatic carbocycles. The number of aromatic nitrogens is 3. The van der Waals surface area contributed by atoms with Gasteiger partial charge in [-0.3, -0.25) is 10.00 Å². The molecule has 1 aromatic heterocycles. The summed E-state index contributed by atoms with van der Waals surface area (Å²) in [6.07, 6.45) is 2.10. The number of piperidine rings is 1. The first-order valence-corrected chi connectivity index (χ1v) is 5.81. The Balaban J connectivity index is 1.84. The molecular formula is C10H18N6O. The molecule has 0 bridgehead atoms. The van der Waals surface area contributed by atoms with Crippen molar-refractivity contribution in [2.24, 2.45) is 7.05 Å². The molecule has 1 aromatic rings. The maximum absolute atomic E-state index is 11.7. The quantitative estimate of drug-likeness (QED) is 0.677. The average Bonchev–Trinajstić information content (AvgIpc) is 2.59. The van der Waals surface area contributed by atoms with Crippen LogP contribution >= 0.6 is 0 Å². The van der Waals surface area contributed by atoms with E-state index in [1.807, 2.05) is 6.92 Å². The number of hydrogen-bond acceptors (Lipinski definition) is 4. The highest BCUT2D eigenvalue weighted by Gasteiger charge is 2.16. The molecular weight excluding hydrogens is 220 g/mol. The van der Waals surface area contributed by atoms with Crippen LogP contribution in [0.5, 0.6) is 0 Å². The van der Waals surface area contributed by atoms with Gasteiger partial charge in [0, 0.05) is 19.6 Å². The van der Waals surface area contributed by atoms with Crippen LogP contribution in [0.15, 0.2) is 0 Å². The molecule has 0 spiro atoms. The first-order valence-electron chi connectivity index (χ1n) is 5.81. The minimum Gasteiger partial charge on any atom is -0.334 e. The molecule has 0 saturated carbocycles. The Kier molecular flexibility index (Phi) is 3.58. The van der Waals surface area contributed by atoms with Crippen molar-refractivity contribution in [3.8, 4) is 0 Å². The van der Waals surface area contributed by atoms with Gasteiger partial charge in [0.05, 0.1) is 0 Å². The molecule has 94 valence electrons. The van der Waals surface area contributed by atoms with Gasteiger partial charge in [0.25, 0.3) is 0 Å². The van der Waals surface area contributed by atoms with Gasteiger partial charge in [0.2, 0.25) is 5.95 Å². The lowest BCUT2D eigenvalue weighted by atomic mass is 10.1. The number of anilines is 1. The summed E-state index contributed by atoms with van der Waals surface area (Å²) < 4.78 is 1.62. The lowest BCUT2D eigenvalue weighted by Gasteiger charge is -2.23. The van der Waals surface area contributed by atoms with Crippen molar-refractivity contribution in [3.63, 3.8) is 0 Å². The Morgan fingerprint density at radius 3 is 3.00 bits per heavy atom. The molecule has 1 fully saturated rings. The number of hydrogen-bond donors (Lipinski definition) is 3. The summed E-state index contributed by atoms with van der Waals surface area (Å²) in [5, 5.41) is 12.8. The minimum atomic E-state index is -0.246. The first kappa shape index (κ1) is 11.8. The normalized spacial score (nSPS) is 20.0. The zero-order valence-electron chi connectivity index (χ0n) is 10.2. The highest BCUT2D eigenvalue weighted by molar-refractivity contribution is 5.87. The molecule has 1 aliphatic heterocycles. The summed E-state index contributed by atoms with van der Waals surface area (Å²) in [5.41, 5.74) is 0. The number of rotatable bonds is 2. The predicted octanol–water partition coefficient (Wildman–Crippen LogP) is -0.00298. The fourth-order valence-corrected chi connectivity index (χ4v) is 1.81. The average molecular weight is 238 g/mol. The van der Waals surface area contributed by atoms with Crippen molar-refractivity contribution in [2.75, 3.05) is 18.4 Å². The molecule has 7 nitrogen and oxygen atoms in total. The Labute approximate surface area is 100.0 Å². The Morgan fingerprint density at radius 2 is 2.41 bits per heavy atom. The van der Waals surface area contributed by atoms with Gasteiger partial charge in [-0.05, 0) is 26.3 Å². The Morgan fingerprint density at radius 1 is 1.59 bits per heavy atom. The second-order valence-electron chi connectivity index (χ2n) is 4.25.